The molecule has 0 amide bonds. The summed E-state index contributed by atoms with van der Waals surface area (Å²) >= 11 is 7.56. The molecule has 7 nitrogen and oxygen atoms in total. The molecule has 0 saturated heterocycles. The molecule has 126 valence electrons. The van der Waals surface area contributed by atoms with E-state index in [0.29, 0.717) is 28.9 Å². The number of fused-ring (bicyclic) bond motifs is 1. The van der Waals surface area contributed by atoms with Crippen LogP contribution in [0.25, 0.3) is 16.7 Å². The zero-order valence-corrected chi connectivity index (χ0v) is 14.6. The van der Waals surface area contributed by atoms with Crippen molar-refractivity contribution >= 4 is 45.6 Å². The molecule has 1 aromatic carbocycles. The molecule has 0 aliphatic carbocycles. The van der Waals surface area contributed by atoms with Crippen LogP contribution >= 0.6 is 22.9 Å². The summed E-state index contributed by atoms with van der Waals surface area (Å²) in [5.41, 5.74) is 15.3. The van der Waals surface area contributed by atoms with Crippen LogP contribution in [0.2, 0.25) is 5.02 Å². The highest BCUT2D eigenvalue weighted by atomic mass is 35.5. The Morgan fingerprint density at radius 3 is 3.04 bits per heavy atom. The third-order valence-corrected chi connectivity index (χ3v) is 4.63. The van der Waals surface area contributed by atoms with Crippen molar-refractivity contribution in [2.24, 2.45) is 10.7 Å². The fourth-order valence-electron chi connectivity index (χ4n) is 2.50. The minimum atomic E-state index is 0.268. The molecule has 0 saturated carbocycles. The molecule has 9 heteroatoms. The van der Waals surface area contributed by atoms with Gasteiger partial charge in [0, 0.05) is 10.4 Å². The molecule has 3 heterocycles. The molecule has 5 N–H and O–H groups in total. The Balaban J connectivity index is 1.59. The zero-order chi connectivity index (χ0) is 17.4. The Kier molecular flexibility index (Phi) is 3.90. The summed E-state index contributed by atoms with van der Waals surface area (Å²) in [5.74, 6) is 1.41. The second kappa shape index (κ2) is 6.23. The zero-order valence-electron chi connectivity index (χ0n) is 13.0. The number of halogens is 1. The molecule has 4 aromatic rings. The number of hydrogen-bond donors (Lipinski definition) is 3. The first-order valence-electron chi connectivity index (χ1n) is 7.41. The van der Waals surface area contributed by atoms with E-state index >= 15 is 0 Å². The largest absolute Gasteiger partial charge is 0.383 e. The number of rotatable bonds is 4. The fraction of sp³-hybridized carbons (Fsp3) is 0.0625. The summed E-state index contributed by atoms with van der Waals surface area (Å²) in [7, 11) is 0. The number of H-pyrrole nitrogens is 1. The Morgan fingerprint density at radius 2 is 2.24 bits per heavy atom. The Morgan fingerprint density at radius 1 is 1.36 bits per heavy atom. The van der Waals surface area contributed by atoms with Crippen molar-refractivity contribution < 1.29 is 0 Å². The number of aromatic amines is 1. The van der Waals surface area contributed by atoms with E-state index in [9.17, 15) is 0 Å². The van der Waals surface area contributed by atoms with Crippen LogP contribution < -0.4 is 11.5 Å². The van der Waals surface area contributed by atoms with Gasteiger partial charge in [-0.1, -0.05) is 11.6 Å². The minimum absolute atomic E-state index is 0.268. The highest BCUT2D eigenvalue weighted by Crippen LogP contribution is 2.20. The third-order valence-electron chi connectivity index (χ3n) is 3.72. The van der Waals surface area contributed by atoms with E-state index in [1.807, 2.05) is 29.0 Å². The Hall–Kier alpha value is -2.84. The molecule has 0 aliphatic rings. The fourth-order valence-corrected chi connectivity index (χ4v) is 3.30. The van der Waals surface area contributed by atoms with Crippen LogP contribution in [0.4, 0.5) is 5.82 Å². The number of hydrogen-bond acceptors (Lipinski definition) is 5. The minimum Gasteiger partial charge on any atom is -0.383 e. The van der Waals surface area contributed by atoms with E-state index in [4.69, 9.17) is 23.1 Å². The van der Waals surface area contributed by atoms with E-state index in [2.05, 4.69) is 19.9 Å². The van der Waals surface area contributed by atoms with Crippen molar-refractivity contribution in [1.82, 2.24) is 19.5 Å². The normalized spacial score (nSPS) is 12.1. The summed E-state index contributed by atoms with van der Waals surface area (Å²) in [6.45, 7) is 0.295. The molecule has 3 aromatic heterocycles. The van der Waals surface area contributed by atoms with Gasteiger partial charge >= 0.3 is 0 Å². The van der Waals surface area contributed by atoms with E-state index in [1.54, 1.807) is 28.3 Å². The lowest BCUT2D eigenvalue weighted by molar-refractivity contribution is 0.954. The number of benzene rings is 1. The van der Waals surface area contributed by atoms with Gasteiger partial charge in [-0.15, -0.1) is 0 Å². The monoisotopic (exact) mass is 371 g/mol. The van der Waals surface area contributed by atoms with Crippen LogP contribution in [0, 0.1) is 0 Å². The van der Waals surface area contributed by atoms with Crippen LogP contribution in [-0.4, -0.2) is 25.4 Å². The Bertz CT molecular complexity index is 1060. The van der Waals surface area contributed by atoms with Gasteiger partial charge in [-0.3, -0.25) is 9.56 Å². The van der Waals surface area contributed by atoms with Crippen molar-refractivity contribution in [2.75, 3.05) is 5.73 Å². The average molecular weight is 372 g/mol. The number of nitrogens with zero attached hydrogens (tertiary/aromatic N) is 4. The average Bonchev–Trinajstić information content (AvgIpc) is 3.31. The highest BCUT2D eigenvalue weighted by molar-refractivity contribution is 7.08. The van der Waals surface area contributed by atoms with Gasteiger partial charge in [-0.25, -0.2) is 9.97 Å². The third kappa shape index (κ3) is 2.97. The summed E-state index contributed by atoms with van der Waals surface area (Å²) in [6.07, 6.45) is 1.64. The van der Waals surface area contributed by atoms with Crippen LogP contribution in [0.1, 0.15) is 11.5 Å². The number of aliphatic imine (C=N–C) groups is 1. The van der Waals surface area contributed by atoms with Crippen molar-refractivity contribution in [2.45, 2.75) is 6.54 Å². The number of nitrogen functional groups attached to an aromatic ring is 1. The molecule has 0 unspecified atom stereocenters. The maximum atomic E-state index is 6.15. The number of nitrogens with one attached hydrogen (secondary N) is 1. The number of aromatic nitrogens is 4. The molecule has 0 atom stereocenters. The molecular formula is C16H14ClN7S. The van der Waals surface area contributed by atoms with Gasteiger partial charge in [0.25, 0.3) is 0 Å². The quantitative estimate of drug-likeness (QED) is 0.378. The second-order valence-electron chi connectivity index (χ2n) is 5.38. The van der Waals surface area contributed by atoms with Crippen LogP contribution in [0.5, 0.6) is 0 Å². The van der Waals surface area contributed by atoms with E-state index < -0.39 is 0 Å². The maximum absolute atomic E-state index is 6.15. The maximum Gasteiger partial charge on any atom is 0.148 e. The van der Waals surface area contributed by atoms with Gasteiger partial charge in [-0.05, 0) is 29.6 Å². The molecule has 0 bridgehead atoms. The molecule has 0 spiro atoms. The van der Waals surface area contributed by atoms with Gasteiger partial charge in [0.1, 0.15) is 29.5 Å². The van der Waals surface area contributed by atoms with Crippen molar-refractivity contribution in [3.63, 3.8) is 0 Å². The van der Waals surface area contributed by atoms with Gasteiger partial charge < -0.3 is 16.5 Å². The standard InChI is InChI=1S/C16H14ClN7S/c17-9-1-2-11-12(5-9)23-13(22-11)6-20-15(18)14-16(19)24(8-21-14)10-3-4-25-7-10/h1-5,7-8H,6,19H2,(H2,18,20)(H,22,23). The van der Waals surface area contributed by atoms with Crippen molar-refractivity contribution in [3.8, 4) is 5.69 Å². The van der Waals surface area contributed by atoms with Gasteiger partial charge in [0.05, 0.1) is 23.3 Å². The van der Waals surface area contributed by atoms with Gasteiger partial charge in [0.15, 0.2) is 0 Å². The molecule has 25 heavy (non-hydrogen) atoms. The number of nitrogens with two attached hydrogens (primary N) is 2. The first-order chi connectivity index (χ1) is 12.1. The molecule has 4 rings (SSSR count). The van der Waals surface area contributed by atoms with Crippen molar-refractivity contribution in [1.29, 1.82) is 0 Å². The summed E-state index contributed by atoms with van der Waals surface area (Å²) in [5, 5.41) is 4.60. The molecule has 0 fully saturated rings. The van der Waals surface area contributed by atoms with Crippen LogP contribution in [0.3, 0.4) is 0 Å². The summed E-state index contributed by atoms with van der Waals surface area (Å²) in [4.78, 5) is 16.3. The summed E-state index contributed by atoms with van der Waals surface area (Å²) < 4.78 is 1.78. The second-order valence-corrected chi connectivity index (χ2v) is 6.59. The van der Waals surface area contributed by atoms with E-state index in [-0.39, 0.29) is 5.84 Å². The topological polar surface area (TPSA) is 111 Å². The smallest absolute Gasteiger partial charge is 0.148 e. The number of imidazole rings is 2. The Labute approximate surface area is 152 Å². The first-order valence-corrected chi connectivity index (χ1v) is 8.74. The van der Waals surface area contributed by atoms with E-state index in [0.717, 1.165) is 16.7 Å². The predicted molar refractivity (Wildman–Crippen MR) is 101 cm³/mol. The number of thiophene rings is 1. The van der Waals surface area contributed by atoms with Gasteiger partial charge in [0.2, 0.25) is 0 Å². The number of anilines is 1. The lowest BCUT2D eigenvalue weighted by Gasteiger charge is -2.02. The van der Waals surface area contributed by atoms with Crippen LogP contribution in [0.15, 0.2) is 46.3 Å². The SMILES string of the molecule is NC(=NCc1nc2ccc(Cl)cc2[nH]1)c1ncn(-c2ccsc2)c1N. The van der Waals surface area contributed by atoms with Crippen molar-refractivity contribution in [3.05, 3.63) is 57.9 Å². The number of amidine groups is 1. The molecule has 0 radical (unpaired) electrons. The lowest BCUT2D eigenvalue weighted by Crippen LogP contribution is -2.17. The van der Waals surface area contributed by atoms with Crippen LogP contribution in [-0.2, 0) is 6.54 Å². The first kappa shape index (κ1) is 15.7. The lowest BCUT2D eigenvalue weighted by atomic mass is 10.3. The molecular weight excluding hydrogens is 358 g/mol. The van der Waals surface area contributed by atoms with Gasteiger partial charge in [-0.2, -0.15) is 11.3 Å². The van der Waals surface area contributed by atoms with E-state index in [1.165, 1.54) is 0 Å². The summed E-state index contributed by atoms with van der Waals surface area (Å²) in [6, 6.07) is 7.43. The molecule has 0 aliphatic heterocycles. The highest BCUT2D eigenvalue weighted by Gasteiger charge is 2.13. The predicted octanol–water partition coefficient (Wildman–Crippen LogP) is 2.95.